The molecule has 1 aliphatic heterocycles. The van der Waals surface area contributed by atoms with Crippen LogP contribution >= 0.6 is 0 Å². The van der Waals surface area contributed by atoms with Crippen LogP contribution in [0.5, 0.6) is 0 Å². The molecule has 1 aliphatic rings. The molecule has 0 radical (unpaired) electrons. The Bertz CT molecular complexity index is 1640. The number of nitrogens with zero attached hydrogens (tertiary/aromatic N) is 4. The van der Waals surface area contributed by atoms with Crippen LogP contribution in [0.3, 0.4) is 0 Å². The fourth-order valence-corrected chi connectivity index (χ4v) is 7.80. The summed E-state index contributed by atoms with van der Waals surface area (Å²) in [7, 11) is 13.9. The molecule has 3 aromatic carbocycles. The van der Waals surface area contributed by atoms with Gasteiger partial charge in [0.1, 0.15) is 11.4 Å². The number of quaternary nitrogens is 3. The Morgan fingerprint density at radius 2 is 1.38 bits per heavy atom. The third-order valence-electron chi connectivity index (χ3n) is 11.8. The molecular weight excluding hydrogens is 637 g/mol. The Balaban J connectivity index is 1.44. The van der Waals surface area contributed by atoms with Gasteiger partial charge in [-0.3, -0.25) is 8.97 Å². The van der Waals surface area contributed by atoms with E-state index in [-0.39, 0.29) is 10.8 Å². The standard InChI is InChI=1S/C46H73N6/c1-12-51(8,9)38-27-29-39(30-28-38)52(10,11)37-21-34-49-43-25-16-14-23-41(43)46(4,5)44(49)26-17-18-31-45(2,3)40-22-13-15-24-42(40)48-33-20-36-50(6,7)35-19-32-47/h13-18,22-30,48H,12,19-21,31-37,47H2,1-11H3/q+3/b18-17+,44-26+. The first-order valence-corrected chi connectivity index (χ1v) is 19.8. The SMILES string of the molecule is CC[N+](C)(C)c1ccc([N+](C)(C)CCCN2/C(=C/C=C/CC(C)(C)c3ccccc3NCCC[N+](C)(C)CCCN)C(C)(C)c3ccccc32)cc1. The second-order valence-corrected chi connectivity index (χ2v) is 18.0. The van der Waals surface area contributed by atoms with Gasteiger partial charge in [0.25, 0.3) is 0 Å². The van der Waals surface area contributed by atoms with E-state index in [0.29, 0.717) is 0 Å². The molecule has 284 valence electrons. The van der Waals surface area contributed by atoms with Crippen LogP contribution in [0.2, 0.25) is 0 Å². The molecule has 52 heavy (non-hydrogen) atoms. The number of para-hydroxylation sites is 2. The molecule has 3 aromatic rings. The molecule has 0 atom stereocenters. The lowest BCUT2D eigenvalue weighted by atomic mass is 9.80. The quantitative estimate of drug-likeness (QED) is 0.0965. The lowest BCUT2D eigenvalue weighted by Crippen LogP contribution is -2.43. The maximum absolute atomic E-state index is 5.76. The minimum absolute atomic E-state index is 0.00405. The summed E-state index contributed by atoms with van der Waals surface area (Å²) in [4.78, 5) is 2.59. The number of hydrogen-bond donors (Lipinski definition) is 2. The fraction of sp³-hybridized carbons (Fsp3) is 0.522. The normalized spacial score (nSPS) is 15.8. The molecule has 0 fully saturated rings. The van der Waals surface area contributed by atoms with Gasteiger partial charge in [-0.2, -0.15) is 0 Å². The Kier molecular flexibility index (Phi) is 13.6. The Morgan fingerprint density at radius 1 is 0.769 bits per heavy atom. The van der Waals surface area contributed by atoms with E-state index in [9.17, 15) is 0 Å². The van der Waals surface area contributed by atoms with Crippen molar-refractivity contribution < 1.29 is 4.48 Å². The maximum atomic E-state index is 5.76. The van der Waals surface area contributed by atoms with E-state index < -0.39 is 0 Å². The van der Waals surface area contributed by atoms with Crippen molar-refractivity contribution in [1.29, 1.82) is 0 Å². The zero-order valence-corrected chi connectivity index (χ0v) is 34.8. The summed E-state index contributed by atoms with van der Waals surface area (Å²) < 4.78 is 2.79. The molecule has 0 bridgehead atoms. The summed E-state index contributed by atoms with van der Waals surface area (Å²) in [6, 6.07) is 27.2. The lowest BCUT2D eigenvalue weighted by molar-refractivity contribution is -0.890. The highest BCUT2D eigenvalue weighted by atomic mass is 15.3. The number of nitrogens with two attached hydrogens (primary N) is 1. The molecule has 0 unspecified atom stereocenters. The van der Waals surface area contributed by atoms with Crippen LogP contribution < -0.4 is 24.9 Å². The number of anilines is 2. The van der Waals surface area contributed by atoms with Crippen molar-refractivity contribution in [1.82, 2.24) is 8.97 Å². The van der Waals surface area contributed by atoms with Crippen LogP contribution in [0.15, 0.2) is 96.7 Å². The minimum Gasteiger partial charge on any atom is -0.385 e. The smallest absolute Gasteiger partial charge is 0.132 e. The summed E-state index contributed by atoms with van der Waals surface area (Å²) in [6.45, 7) is 18.9. The molecule has 0 spiro atoms. The number of rotatable bonds is 19. The molecule has 4 rings (SSSR count). The third kappa shape index (κ3) is 10.2. The van der Waals surface area contributed by atoms with E-state index in [1.807, 2.05) is 0 Å². The van der Waals surface area contributed by atoms with Crippen LogP contribution in [0.1, 0.15) is 71.4 Å². The number of fused-ring (bicyclic) bond motifs is 1. The average Bonchev–Trinajstić information content (AvgIpc) is 3.32. The molecule has 0 aliphatic carbocycles. The second kappa shape index (κ2) is 17.2. The van der Waals surface area contributed by atoms with Crippen LogP contribution in [-0.2, 0) is 10.8 Å². The molecule has 6 heteroatoms. The van der Waals surface area contributed by atoms with Crippen molar-refractivity contribution in [2.45, 2.75) is 71.1 Å². The molecule has 3 N–H and O–H groups in total. The molecular formula is C46H73N6+3. The largest absolute Gasteiger partial charge is 0.385 e. The first-order valence-electron chi connectivity index (χ1n) is 19.8. The predicted octanol–water partition coefficient (Wildman–Crippen LogP) is 9.06. The first-order chi connectivity index (χ1) is 24.4. The van der Waals surface area contributed by atoms with Gasteiger partial charge in [-0.1, -0.05) is 76.2 Å². The van der Waals surface area contributed by atoms with Gasteiger partial charge in [0.2, 0.25) is 0 Å². The molecule has 0 saturated heterocycles. The first kappa shape index (κ1) is 41.3. The summed E-state index contributed by atoms with van der Waals surface area (Å²) in [5, 5.41) is 3.78. The number of hydrogen-bond acceptors (Lipinski definition) is 3. The van der Waals surface area contributed by atoms with Gasteiger partial charge < -0.3 is 20.4 Å². The van der Waals surface area contributed by atoms with Gasteiger partial charge in [-0.25, -0.2) is 0 Å². The van der Waals surface area contributed by atoms with E-state index in [0.717, 1.165) is 84.9 Å². The summed E-state index contributed by atoms with van der Waals surface area (Å²) >= 11 is 0. The zero-order chi connectivity index (χ0) is 38.2. The molecule has 1 heterocycles. The van der Waals surface area contributed by atoms with Crippen molar-refractivity contribution in [3.05, 3.63) is 108 Å². The molecule has 6 nitrogen and oxygen atoms in total. The Labute approximate surface area is 318 Å². The van der Waals surface area contributed by atoms with E-state index >= 15 is 0 Å². The lowest BCUT2D eigenvalue weighted by Gasteiger charge is -2.32. The third-order valence-corrected chi connectivity index (χ3v) is 11.8. The molecule has 0 saturated carbocycles. The molecule has 0 aromatic heterocycles. The minimum atomic E-state index is -0.0604. The van der Waals surface area contributed by atoms with Gasteiger partial charge in [0.05, 0.1) is 68.5 Å². The van der Waals surface area contributed by atoms with Crippen molar-refractivity contribution >= 4 is 22.7 Å². The molecule has 0 amide bonds. The zero-order valence-electron chi connectivity index (χ0n) is 34.8. The second-order valence-electron chi connectivity index (χ2n) is 18.0. The highest BCUT2D eigenvalue weighted by Gasteiger charge is 2.39. The summed E-state index contributed by atoms with van der Waals surface area (Å²) in [5.74, 6) is 0. The van der Waals surface area contributed by atoms with E-state index in [1.54, 1.807) is 0 Å². The summed E-state index contributed by atoms with van der Waals surface area (Å²) in [6.07, 6.45) is 11.3. The Hall–Kier alpha value is -3.42. The number of nitrogens with one attached hydrogen (secondary N) is 1. The Morgan fingerprint density at radius 3 is 2.06 bits per heavy atom. The van der Waals surface area contributed by atoms with Gasteiger partial charge in [0, 0.05) is 79.1 Å². The highest BCUT2D eigenvalue weighted by molar-refractivity contribution is 5.70. The van der Waals surface area contributed by atoms with Crippen LogP contribution in [0.25, 0.3) is 0 Å². The highest BCUT2D eigenvalue weighted by Crippen LogP contribution is 2.47. The number of benzene rings is 3. The van der Waals surface area contributed by atoms with Crippen molar-refractivity contribution in [2.75, 3.05) is 98.3 Å². The van der Waals surface area contributed by atoms with Gasteiger partial charge in [0.15, 0.2) is 0 Å². The van der Waals surface area contributed by atoms with Crippen LogP contribution in [-0.4, -0.2) is 92.6 Å². The average molecular weight is 710 g/mol. The fourth-order valence-electron chi connectivity index (χ4n) is 7.80. The maximum Gasteiger partial charge on any atom is 0.132 e. The van der Waals surface area contributed by atoms with E-state index in [4.69, 9.17) is 5.73 Å². The van der Waals surface area contributed by atoms with Crippen LogP contribution in [0, 0.1) is 0 Å². The summed E-state index contributed by atoms with van der Waals surface area (Å²) in [5.41, 5.74) is 15.2. The van der Waals surface area contributed by atoms with Crippen molar-refractivity contribution in [2.24, 2.45) is 5.73 Å². The van der Waals surface area contributed by atoms with E-state index in [1.165, 1.54) is 39.6 Å². The van der Waals surface area contributed by atoms with E-state index in [2.05, 4.69) is 178 Å². The van der Waals surface area contributed by atoms with Gasteiger partial charge in [-0.15, -0.1) is 0 Å². The van der Waals surface area contributed by atoms with Gasteiger partial charge >= 0.3 is 0 Å². The monoisotopic (exact) mass is 710 g/mol. The van der Waals surface area contributed by atoms with Crippen molar-refractivity contribution in [3.63, 3.8) is 0 Å². The van der Waals surface area contributed by atoms with Gasteiger partial charge in [-0.05, 0) is 54.6 Å². The van der Waals surface area contributed by atoms with Crippen molar-refractivity contribution in [3.8, 4) is 0 Å². The number of allylic oxidation sites excluding steroid dienone is 4. The van der Waals surface area contributed by atoms with Crippen LogP contribution in [0.4, 0.5) is 22.7 Å². The topological polar surface area (TPSA) is 41.3 Å². The predicted molar refractivity (Wildman–Crippen MR) is 230 cm³/mol.